The zero-order valence-electron chi connectivity index (χ0n) is 10.9. The van der Waals surface area contributed by atoms with Crippen LogP contribution in [0.2, 0.25) is 0 Å². The number of hydrogen-bond donors (Lipinski definition) is 1. The summed E-state index contributed by atoms with van der Waals surface area (Å²) in [6.07, 6.45) is 6.54. The highest BCUT2D eigenvalue weighted by atomic mass is 15.0. The van der Waals surface area contributed by atoms with Gasteiger partial charge in [-0.25, -0.2) is 4.98 Å². The van der Waals surface area contributed by atoms with Gasteiger partial charge >= 0.3 is 0 Å². The highest BCUT2D eigenvalue weighted by molar-refractivity contribution is 5.90. The fourth-order valence-corrected chi connectivity index (χ4v) is 2.20. The van der Waals surface area contributed by atoms with Crippen LogP contribution in [0.1, 0.15) is 5.82 Å². The molecule has 4 heteroatoms. The van der Waals surface area contributed by atoms with Crippen molar-refractivity contribution in [3.8, 4) is 0 Å². The summed E-state index contributed by atoms with van der Waals surface area (Å²) in [5.74, 6) is 1.09. The van der Waals surface area contributed by atoms with E-state index in [9.17, 15) is 0 Å². The maximum absolute atomic E-state index is 4.36. The number of rotatable bonds is 4. The van der Waals surface area contributed by atoms with Crippen molar-refractivity contribution >= 4 is 16.6 Å². The highest BCUT2D eigenvalue weighted by Crippen LogP contribution is 2.20. The van der Waals surface area contributed by atoms with Gasteiger partial charge in [0.1, 0.15) is 5.82 Å². The van der Waals surface area contributed by atoms with E-state index in [0.717, 1.165) is 35.4 Å². The smallest absolute Gasteiger partial charge is 0.110 e. The van der Waals surface area contributed by atoms with E-state index >= 15 is 0 Å². The normalized spacial score (nSPS) is 10.8. The summed E-state index contributed by atoms with van der Waals surface area (Å²) >= 11 is 0. The Morgan fingerprint density at radius 1 is 1.11 bits per heavy atom. The van der Waals surface area contributed by atoms with Crippen LogP contribution in [-0.2, 0) is 13.5 Å². The van der Waals surface area contributed by atoms with Crippen molar-refractivity contribution < 1.29 is 0 Å². The van der Waals surface area contributed by atoms with E-state index in [1.54, 1.807) is 0 Å². The van der Waals surface area contributed by atoms with E-state index in [2.05, 4.69) is 21.4 Å². The lowest BCUT2D eigenvalue weighted by Gasteiger charge is -2.09. The first-order valence-electron chi connectivity index (χ1n) is 6.38. The monoisotopic (exact) mass is 252 g/mol. The van der Waals surface area contributed by atoms with Crippen LogP contribution in [0, 0.1) is 0 Å². The third kappa shape index (κ3) is 2.42. The zero-order valence-corrected chi connectivity index (χ0v) is 10.9. The Morgan fingerprint density at radius 2 is 2.00 bits per heavy atom. The number of pyridine rings is 1. The van der Waals surface area contributed by atoms with Gasteiger partial charge in [0.15, 0.2) is 0 Å². The number of hydrogen-bond acceptors (Lipinski definition) is 3. The van der Waals surface area contributed by atoms with E-state index < -0.39 is 0 Å². The molecule has 0 radical (unpaired) electrons. The van der Waals surface area contributed by atoms with Crippen LogP contribution in [-0.4, -0.2) is 21.1 Å². The third-order valence-electron chi connectivity index (χ3n) is 3.23. The van der Waals surface area contributed by atoms with Gasteiger partial charge in [0.25, 0.3) is 0 Å². The highest BCUT2D eigenvalue weighted by Gasteiger charge is 2.02. The summed E-state index contributed by atoms with van der Waals surface area (Å²) in [6.45, 7) is 0.860. The molecule has 19 heavy (non-hydrogen) atoms. The molecule has 0 atom stereocenters. The first-order chi connectivity index (χ1) is 9.34. The summed E-state index contributed by atoms with van der Waals surface area (Å²) in [4.78, 5) is 8.68. The average molecular weight is 252 g/mol. The van der Waals surface area contributed by atoms with Crippen molar-refractivity contribution in [1.82, 2.24) is 14.5 Å². The fourth-order valence-electron chi connectivity index (χ4n) is 2.20. The van der Waals surface area contributed by atoms with Gasteiger partial charge in [-0.1, -0.05) is 18.2 Å². The molecule has 1 aromatic carbocycles. The second-order valence-corrected chi connectivity index (χ2v) is 4.51. The number of nitrogens with one attached hydrogen (secondary N) is 1. The number of aryl methyl sites for hydroxylation is 1. The minimum atomic E-state index is 0.860. The van der Waals surface area contributed by atoms with Crippen LogP contribution >= 0.6 is 0 Å². The molecule has 3 rings (SSSR count). The molecular formula is C15H16N4. The lowest BCUT2D eigenvalue weighted by Crippen LogP contribution is -2.08. The topological polar surface area (TPSA) is 42.7 Å². The van der Waals surface area contributed by atoms with Gasteiger partial charge < -0.3 is 9.88 Å². The van der Waals surface area contributed by atoms with E-state index in [1.807, 2.05) is 54.5 Å². The zero-order chi connectivity index (χ0) is 13.1. The second kappa shape index (κ2) is 5.10. The number of fused-ring (bicyclic) bond motifs is 1. The number of anilines is 1. The lowest BCUT2D eigenvalue weighted by molar-refractivity contribution is 0.790. The largest absolute Gasteiger partial charge is 0.384 e. The third-order valence-corrected chi connectivity index (χ3v) is 3.23. The van der Waals surface area contributed by atoms with Gasteiger partial charge in [0.2, 0.25) is 0 Å². The number of benzene rings is 1. The maximum Gasteiger partial charge on any atom is 0.110 e. The molecule has 96 valence electrons. The molecule has 4 nitrogen and oxygen atoms in total. The van der Waals surface area contributed by atoms with E-state index in [0.29, 0.717) is 0 Å². The molecule has 1 N–H and O–H groups in total. The molecule has 0 bridgehead atoms. The number of aromatic nitrogens is 3. The van der Waals surface area contributed by atoms with Crippen LogP contribution in [0.3, 0.4) is 0 Å². The molecule has 0 fully saturated rings. The Labute approximate surface area is 112 Å². The summed E-state index contributed by atoms with van der Waals surface area (Å²) < 4.78 is 2.05. The maximum atomic E-state index is 4.36. The summed E-state index contributed by atoms with van der Waals surface area (Å²) in [6, 6.07) is 10.2. The number of para-hydroxylation sites is 1. The Morgan fingerprint density at radius 3 is 2.84 bits per heavy atom. The Kier molecular flexibility index (Phi) is 3.14. The molecule has 0 saturated carbocycles. The first kappa shape index (κ1) is 11.7. The summed E-state index contributed by atoms with van der Waals surface area (Å²) in [5, 5.41) is 4.62. The van der Waals surface area contributed by atoms with Crippen LogP contribution in [0.5, 0.6) is 0 Å². The molecule has 0 amide bonds. The molecule has 0 aliphatic carbocycles. The number of imidazole rings is 1. The molecule has 0 aliphatic heterocycles. The van der Waals surface area contributed by atoms with Gasteiger partial charge in [0, 0.05) is 49.7 Å². The van der Waals surface area contributed by atoms with E-state index in [-0.39, 0.29) is 0 Å². The van der Waals surface area contributed by atoms with Crippen molar-refractivity contribution in [2.24, 2.45) is 7.05 Å². The van der Waals surface area contributed by atoms with Crippen molar-refractivity contribution in [2.75, 3.05) is 11.9 Å². The Balaban J connectivity index is 1.74. The first-order valence-corrected chi connectivity index (χ1v) is 6.38. The molecular weight excluding hydrogens is 236 g/mol. The molecule has 0 spiro atoms. The standard InChI is InChI=1S/C15H16N4/c1-19-11-10-18-15(19)7-9-17-14-6-8-16-13-5-3-2-4-12(13)14/h2-6,8,10-11H,7,9H2,1H3,(H,16,17). The average Bonchev–Trinajstić information content (AvgIpc) is 2.85. The molecule has 0 unspecified atom stereocenters. The quantitative estimate of drug-likeness (QED) is 0.776. The SMILES string of the molecule is Cn1ccnc1CCNc1ccnc2ccccc12. The summed E-state index contributed by atoms with van der Waals surface area (Å²) in [5.41, 5.74) is 2.14. The molecule has 3 aromatic rings. The van der Waals surface area contributed by atoms with Gasteiger partial charge in [-0.05, 0) is 12.1 Å². The van der Waals surface area contributed by atoms with E-state index in [4.69, 9.17) is 0 Å². The van der Waals surface area contributed by atoms with Crippen LogP contribution in [0.25, 0.3) is 10.9 Å². The van der Waals surface area contributed by atoms with Crippen LogP contribution in [0.15, 0.2) is 48.9 Å². The van der Waals surface area contributed by atoms with Crippen molar-refractivity contribution in [3.63, 3.8) is 0 Å². The van der Waals surface area contributed by atoms with Crippen molar-refractivity contribution in [2.45, 2.75) is 6.42 Å². The van der Waals surface area contributed by atoms with Gasteiger partial charge in [-0.3, -0.25) is 4.98 Å². The predicted molar refractivity (Wildman–Crippen MR) is 77.1 cm³/mol. The molecule has 2 aromatic heterocycles. The van der Waals surface area contributed by atoms with E-state index in [1.165, 1.54) is 0 Å². The fraction of sp³-hybridized carbons (Fsp3) is 0.200. The minimum absolute atomic E-state index is 0.860. The van der Waals surface area contributed by atoms with Crippen molar-refractivity contribution in [3.05, 3.63) is 54.7 Å². The Bertz CT molecular complexity index is 682. The van der Waals surface area contributed by atoms with Gasteiger partial charge in [-0.15, -0.1) is 0 Å². The predicted octanol–water partition coefficient (Wildman–Crippen LogP) is 2.62. The minimum Gasteiger partial charge on any atom is -0.384 e. The van der Waals surface area contributed by atoms with Crippen molar-refractivity contribution in [1.29, 1.82) is 0 Å². The van der Waals surface area contributed by atoms with Crippen LogP contribution < -0.4 is 5.32 Å². The Hall–Kier alpha value is -2.36. The summed E-state index contributed by atoms with van der Waals surface area (Å²) in [7, 11) is 2.02. The molecule has 0 aliphatic rings. The van der Waals surface area contributed by atoms with Gasteiger partial charge in [-0.2, -0.15) is 0 Å². The number of nitrogens with zero attached hydrogens (tertiary/aromatic N) is 3. The van der Waals surface area contributed by atoms with Crippen LogP contribution in [0.4, 0.5) is 5.69 Å². The molecule has 2 heterocycles. The molecule has 0 saturated heterocycles. The van der Waals surface area contributed by atoms with Gasteiger partial charge in [0.05, 0.1) is 5.52 Å². The second-order valence-electron chi connectivity index (χ2n) is 4.51. The lowest BCUT2D eigenvalue weighted by atomic mass is 10.2.